The van der Waals surface area contributed by atoms with Crippen molar-refractivity contribution >= 4 is 23.4 Å². The van der Waals surface area contributed by atoms with E-state index in [2.05, 4.69) is 30.8 Å². The molecule has 11 nitrogen and oxygen atoms in total. The number of primary amides is 1. The van der Waals surface area contributed by atoms with Gasteiger partial charge in [-0.1, -0.05) is 6.07 Å². The van der Waals surface area contributed by atoms with Gasteiger partial charge >= 0.3 is 0 Å². The van der Waals surface area contributed by atoms with Crippen LogP contribution in [0.5, 0.6) is 0 Å². The molecular weight excluding hydrogens is 374 g/mol. The average molecular weight is 395 g/mol. The number of hydrogen-bond donors (Lipinski definition) is 4. The van der Waals surface area contributed by atoms with Gasteiger partial charge in [0.05, 0.1) is 24.7 Å². The van der Waals surface area contributed by atoms with Gasteiger partial charge in [0, 0.05) is 30.6 Å². The van der Waals surface area contributed by atoms with Gasteiger partial charge in [-0.2, -0.15) is 20.0 Å². The lowest BCUT2D eigenvalue weighted by molar-refractivity contribution is 0.0751. The van der Waals surface area contributed by atoms with Crippen LogP contribution >= 0.6 is 0 Å². The van der Waals surface area contributed by atoms with Crippen LogP contribution in [0.25, 0.3) is 5.69 Å². The number of rotatable bonds is 6. The molecule has 0 saturated carbocycles. The van der Waals surface area contributed by atoms with Crippen molar-refractivity contribution < 1.29 is 9.53 Å². The van der Waals surface area contributed by atoms with Gasteiger partial charge in [-0.15, -0.1) is 0 Å². The van der Waals surface area contributed by atoms with Crippen LogP contribution in [0.4, 0.5) is 17.5 Å². The van der Waals surface area contributed by atoms with Gasteiger partial charge in [0.25, 0.3) is 5.91 Å². The van der Waals surface area contributed by atoms with Crippen LogP contribution in [0, 0.1) is 0 Å². The Bertz CT molecular complexity index is 993. The molecule has 0 unspecified atom stereocenters. The molecule has 1 aromatic carbocycles. The minimum atomic E-state index is -0.633. The van der Waals surface area contributed by atoms with Gasteiger partial charge in [-0.05, 0) is 24.6 Å². The molecule has 3 aromatic rings. The van der Waals surface area contributed by atoms with E-state index in [1.54, 1.807) is 12.4 Å². The second-order valence-corrected chi connectivity index (χ2v) is 6.59. The summed E-state index contributed by atoms with van der Waals surface area (Å²) in [5.74, 6) is 0.0117. The van der Waals surface area contributed by atoms with E-state index in [1.165, 1.54) is 11.0 Å². The van der Waals surface area contributed by atoms with E-state index in [-0.39, 0.29) is 17.6 Å². The molecule has 3 heterocycles. The van der Waals surface area contributed by atoms with Gasteiger partial charge < -0.3 is 26.8 Å². The van der Waals surface area contributed by atoms with Gasteiger partial charge in [0.1, 0.15) is 11.4 Å². The van der Waals surface area contributed by atoms with Crippen molar-refractivity contribution in [1.29, 1.82) is 0 Å². The number of anilines is 3. The Morgan fingerprint density at radius 1 is 1.28 bits per heavy atom. The monoisotopic (exact) mass is 395 g/mol. The molecule has 0 aliphatic carbocycles. The number of aromatic nitrogens is 5. The van der Waals surface area contributed by atoms with E-state index in [1.807, 2.05) is 24.3 Å². The molecule has 150 valence electrons. The Morgan fingerprint density at radius 3 is 2.86 bits per heavy atom. The van der Waals surface area contributed by atoms with Gasteiger partial charge in [0.15, 0.2) is 0 Å². The van der Waals surface area contributed by atoms with Crippen molar-refractivity contribution in [1.82, 2.24) is 25.0 Å². The zero-order chi connectivity index (χ0) is 20.2. The number of carbonyl (C=O) groups is 1. The van der Waals surface area contributed by atoms with E-state index >= 15 is 0 Å². The van der Waals surface area contributed by atoms with Crippen LogP contribution < -0.4 is 22.1 Å². The number of ether oxygens (including phenoxy) is 1. The Hall–Kier alpha value is -3.57. The highest BCUT2D eigenvalue weighted by atomic mass is 16.5. The first-order valence-electron chi connectivity index (χ1n) is 9.10. The van der Waals surface area contributed by atoms with Crippen molar-refractivity contribution in [3.8, 4) is 5.69 Å². The number of hydrogen-bond acceptors (Lipinski definition) is 9. The topological polar surface area (TPSA) is 159 Å². The summed E-state index contributed by atoms with van der Waals surface area (Å²) in [5, 5.41) is 14.6. The third kappa shape index (κ3) is 4.31. The molecule has 4 rings (SSSR count). The van der Waals surface area contributed by atoms with Crippen LogP contribution in [0.3, 0.4) is 0 Å². The molecule has 0 radical (unpaired) electrons. The number of nitrogens with zero attached hydrogens (tertiary/aromatic N) is 5. The molecule has 1 amide bonds. The minimum Gasteiger partial charge on any atom is -0.380 e. The molecular formula is C18H21N9O2. The number of amides is 1. The fourth-order valence-electron chi connectivity index (χ4n) is 3.03. The van der Waals surface area contributed by atoms with Gasteiger partial charge in [-0.25, -0.2) is 4.98 Å². The summed E-state index contributed by atoms with van der Waals surface area (Å²) in [6.45, 7) is 1.08. The third-order valence-corrected chi connectivity index (χ3v) is 4.53. The first-order chi connectivity index (χ1) is 14.1. The lowest BCUT2D eigenvalue weighted by atomic mass is 10.1. The highest BCUT2D eigenvalue weighted by molar-refractivity contribution is 5.98. The molecule has 29 heavy (non-hydrogen) atoms. The first-order valence-corrected chi connectivity index (χ1v) is 9.10. The van der Waals surface area contributed by atoms with Crippen molar-refractivity contribution in [2.24, 2.45) is 11.5 Å². The lowest BCUT2D eigenvalue weighted by Gasteiger charge is -2.29. The third-order valence-electron chi connectivity index (χ3n) is 4.53. The summed E-state index contributed by atoms with van der Waals surface area (Å²) in [5.41, 5.74) is 13.2. The van der Waals surface area contributed by atoms with Gasteiger partial charge in [-0.3, -0.25) is 4.79 Å². The first kappa shape index (κ1) is 18.8. The lowest BCUT2D eigenvalue weighted by Crippen LogP contribution is -2.47. The number of nitrogens with two attached hydrogens (primary N) is 2. The zero-order valence-electron chi connectivity index (χ0n) is 15.5. The number of carbonyl (C=O) groups excluding carboxylic acids is 1. The maximum Gasteiger partial charge on any atom is 0.254 e. The molecule has 0 spiro atoms. The Kier molecular flexibility index (Phi) is 5.31. The van der Waals surface area contributed by atoms with E-state index in [9.17, 15) is 4.79 Å². The molecule has 11 heteroatoms. The molecule has 6 N–H and O–H groups in total. The van der Waals surface area contributed by atoms with E-state index in [0.29, 0.717) is 30.7 Å². The Morgan fingerprint density at radius 2 is 2.10 bits per heavy atom. The second kappa shape index (κ2) is 8.20. The van der Waals surface area contributed by atoms with Crippen LogP contribution in [-0.2, 0) is 4.74 Å². The number of benzene rings is 1. The van der Waals surface area contributed by atoms with Crippen LogP contribution in [-0.4, -0.2) is 56.2 Å². The average Bonchev–Trinajstić information content (AvgIpc) is 3.25. The zero-order valence-corrected chi connectivity index (χ0v) is 15.5. The second-order valence-electron chi connectivity index (χ2n) is 6.59. The van der Waals surface area contributed by atoms with Crippen molar-refractivity contribution in [3.63, 3.8) is 0 Å². The van der Waals surface area contributed by atoms with Crippen LogP contribution in [0.2, 0.25) is 0 Å². The van der Waals surface area contributed by atoms with E-state index in [4.69, 9.17) is 16.2 Å². The maximum atomic E-state index is 11.8. The predicted octanol–water partition coefficient (Wildman–Crippen LogP) is 0.428. The molecule has 2 atom stereocenters. The molecule has 1 fully saturated rings. The smallest absolute Gasteiger partial charge is 0.254 e. The maximum absolute atomic E-state index is 11.8. The Balaban J connectivity index is 1.60. The SMILES string of the molecule is NC(=O)c1cnc(N[C@H]2CCOC[C@H]2N)nc1Nc1cccc(-n2nccn2)c1. The fourth-order valence-corrected chi connectivity index (χ4v) is 3.03. The standard InChI is InChI=1S/C18H21N9O2/c19-14-10-29-7-4-15(14)25-18-21-9-13(16(20)28)17(26-18)24-11-2-1-3-12(8-11)27-22-5-6-23-27/h1-3,5-6,8-9,14-15H,4,7,10,19H2,(H2,20,28)(H2,21,24,25,26)/t14-,15+/m1/s1. The van der Waals surface area contributed by atoms with Crippen LogP contribution in [0.1, 0.15) is 16.8 Å². The van der Waals surface area contributed by atoms with E-state index < -0.39 is 5.91 Å². The van der Waals surface area contributed by atoms with Crippen molar-refractivity contribution in [2.75, 3.05) is 23.8 Å². The summed E-state index contributed by atoms with van der Waals surface area (Å²) in [6.07, 6.45) is 5.32. The molecule has 1 aliphatic heterocycles. The summed E-state index contributed by atoms with van der Waals surface area (Å²) in [6, 6.07) is 7.17. The summed E-state index contributed by atoms with van der Waals surface area (Å²) >= 11 is 0. The summed E-state index contributed by atoms with van der Waals surface area (Å²) in [4.78, 5) is 22.0. The quantitative estimate of drug-likeness (QED) is 0.464. The Labute approximate surface area is 166 Å². The highest BCUT2D eigenvalue weighted by Crippen LogP contribution is 2.22. The van der Waals surface area contributed by atoms with Crippen molar-refractivity contribution in [3.05, 3.63) is 48.4 Å². The van der Waals surface area contributed by atoms with Gasteiger partial charge in [0.2, 0.25) is 5.95 Å². The van der Waals surface area contributed by atoms with E-state index in [0.717, 1.165) is 12.1 Å². The molecule has 2 aromatic heterocycles. The fraction of sp³-hybridized carbons (Fsp3) is 0.278. The largest absolute Gasteiger partial charge is 0.380 e. The number of nitrogens with one attached hydrogen (secondary N) is 2. The minimum absolute atomic E-state index is 0.0229. The van der Waals surface area contributed by atoms with Crippen LogP contribution in [0.15, 0.2) is 42.9 Å². The molecule has 0 bridgehead atoms. The van der Waals surface area contributed by atoms with Crippen molar-refractivity contribution in [2.45, 2.75) is 18.5 Å². The predicted molar refractivity (Wildman–Crippen MR) is 106 cm³/mol. The molecule has 1 saturated heterocycles. The summed E-state index contributed by atoms with van der Waals surface area (Å²) in [7, 11) is 0. The highest BCUT2D eigenvalue weighted by Gasteiger charge is 2.23. The summed E-state index contributed by atoms with van der Waals surface area (Å²) < 4.78 is 5.35. The normalized spacial score (nSPS) is 18.9. The molecule has 1 aliphatic rings.